The zero-order valence-corrected chi connectivity index (χ0v) is 12.3. The molecule has 1 unspecified atom stereocenters. The minimum Gasteiger partial charge on any atom is -0.444 e. The van der Waals surface area contributed by atoms with Crippen LogP contribution in [-0.2, 0) is 9.47 Å². The molecule has 0 fully saturated rings. The van der Waals surface area contributed by atoms with Gasteiger partial charge in [0.25, 0.3) is 0 Å². The van der Waals surface area contributed by atoms with Crippen LogP contribution in [0.15, 0.2) is 0 Å². The largest absolute Gasteiger partial charge is 0.444 e. The van der Waals surface area contributed by atoms with E-state index < -0.39 is 11.7 Å². The van der Waals surface area contributed by atoms with Crippen LogP contribution in [0.4, 0.5) is 4.79 Å². The third-order valence-electron chi connectivity index (χ3n) is 2.52. The normalized spacial score (nSPS) is 14.3. The smallest absolute Gasteiger partial charge is 0.405 e. The van der Waals surface area contributed by atoms with Crippen molar-refractivity contribution in [1.82, 2.24) is 0 Å². The SMILES string of the molecule is CC(N)CCCOC(C)(C)CC(C)(C)OC(N)=O. The molecule has 18 heavy (non-hydrogen) atoms. The van der Waals surface area contributed by atoms with Gasteiger partial charge >= 0.3 is 6.09 Å². The third kappa shape index (κ3) is 9.24. The van der Waals surface area contributed by atoms with Crippen molar-refractivity contribution in [2.75, 3.05) is 6.61 Å². The van der Waals surface area contributed by atoms with Gasteiger partial charge in [-0.15, -0.1) is 0 Å². The molecule has 108 valence electrons. The first kappa shape index (κ1) is 17.2. The maximum atomic E-state index is 10.8. The average Bonchev–Trinajstić information content (AvgIpc) is 2.07. The van der Waals surface area contributed by atoms with E-state index >= 15 is 0 Å². The lowest BCUT2D eigenvalue weighted by atomic mass is 9.92. The number of rotatable bonds is 8. The van der Waals surface area contributed by atoms with E-state index in [1.165, 1.54) is 0 Å². The Hall–Kier alpha value is -0.810. The number of carbonyl (C=O) groups excluding carboxylic acids is 1. The number of hydrogen-bond donors (Lipinski definition) is 2. The van der Waals surface area contributed by atoms with Crippen LogP contribution in [0.5, 0.6) is 0 Å². The number of primary amides is 1. The summed E-state index contributed by atoms with van der Waals surface area (Å²) in [6.45, 7) is 10.2. The quantitative estimate of drug-likeness (QED) is 0.655. The van der Waals surface area contributed by atoms with Crippen LogP contribution in [0, 0.1) is 0 Å². The molecule has 1 amide bonds. The Morgan fingerprint density at radius 1 is 1.22 bits per heavy atom. The Labute approximate surface area is 110 Å². The standard InChI is InChI=1S/C13H28N2O3/c1-10(14)7-6-8-17-12(2,3)9-13(4,5)18-11(15)16/h10H,6-9,14H2,1-5H3,(H2,15,16). The molecule has 0 spiro atoms. The molecule has 0 aliphatic carbocycles. The molecule has 0 aliphatic heterocycles. The lowest BCUT2D eigenvalue weighted by Crippen LogP contribution is -2.40. The summed E-state index contributed by atoms with van der Waals surface area (Å²) in [6, 6.07) is 0.200. The number of carbonyl (C=O) groups is 1. The first-order chi connectivity index (χ1) is 8.04. The minimum atomic E-state index is -0.757. The highest BCUT2D eigenvalue weighted by molar-refractivity contribution is 5.65. The average molecular weight is 260 g/mol. The topological polar surface area (TPSA) is 87.6 Å². The van der Waals surface area contributed by atoms with Crippen molar-refractivity contribution in [3.8, 4) is 0 Å². The van der Waals surface area contributed by atoms with E-state index in [2.05, 4.69) is 0 Å². The molecule has 0 bridgehead atoms. The molecule has 1 atom stereocenters. The van der Waals surface area contributed by atoms with Crippen LogP contribution in [0.2, 0.25) is 0 Å². The second kappa shape index (κ2) is 6.95. The summed E-state index contributed by atoms with van der Waals surface area (Å²) in [5, 5.41) is 0. The number of nitrogens with two attached hydrogens (primary N) is 2. The van der Waals surface area contributed by atoms with Gasteiger partial charge in [-0.05, 0) is 47.5 Å². The van der Waals surface area contributed by atoms with Gasteiger partial charge in [-0.1, -0.05) is 0 Å². The summed E-state index contributed by atoms with van der Waals surface area (Å²) >= 11 is 0. The van der Waals surface area contributed by atoms with E-state index in [4.69, 9.17) is 20.9 Å². The summed E-state index contributed by atoms with van der Waals surface area (Å²) in [5.74, 6) is 0. The molecule has 0 aromatic heterocycles. The maximum Gasteiger partial charge on any atom is 0.405 e. The number of hydrogen-bond acceptors (Lipinski definition) is 4. The highest BCUT2D eigenvalue weighted by atomic mass is 16.6. The van der Waals surface area contributed by atoms with Gasteiger partial charge in [0.2, 0.25) is 0 Å². The summed E-state index contributed by atoms with van der Waals surface area (Å²) in [5.41, 5.74) is 9.72. The van der Waals surface area contributed by atoms with E-state index in [1.54, 1.807) is 0 Å². The monoisotopic (exact) mass is 260 g/mol. The van der Waals surface area contributed by atoms with E-state index in [1.807, 2.05) is 34.6 Å². The van der Waals surface area contributed by atoms with Crippen LogP contribution in [0.25, 0.3) is 0 Å². The highest BCUT2D eigenvalue weighted by Crippen LogP contribution is 2.26. The second-order valence-electron chi connectivity index (χ2n) is 6.09. The van der Waals surface area contributed by atoms with Gasteiger partial charge in [0.1, 0.15) is 5.60 Å². The molecule has 0 saturated heterocycles. The van der Waals surface area contributed by atoms with Gasteiger partial charge in [0, 0.05) is 19.1 Å². The van der Waals surface area contributed by atoms with Gasteiger partial charge in [0.05, 0.1) is 5.60 Å². The van der Waals surface area contributed by atoms with E-state index in [0.717, 1.165) is 12.8 Å². The van der Waals surface area contributed by atoms with Gasteiger partial charge < -0.3 is 20.9 Å². The minimum absolute atomic E-state index is 0.200. The molecule has 5 nitrogen and oxygen atoms in total. The molecule has 5 heteroatoms. The number of ether oxygens (including phenoxy) is 2. The van der Waals surface area contributed by atoms with Crippen LogP contribution in [0.3, 0.4) is 0 Å². The van der Waals surface area contributed by atoms with Crippen molar-refractivity contribution >= 4 is 6.09 Å². The predicted molar refractivity (Wildman–Crippen MR) is 72.3 cm³/mol. The Balaban J connectivity index is 4.09. The maximum absolute atomic E-state index is 10.8. The highest BCUT2D eigenvalue weighted by Gasteiger charge is 2.32. The predicted octanol–water partition coefficient (Wildman–Crippen LogP) is 2.17. The zero-order valence-electron chi connectivity index (χ0n) is 12.3. The van der Waals surface area contributed by atoms with Crippen molar-refractivity contribution in [2.45, 2.75) is 71.1 Å². The molecule has 4 N–H and O–H groups in total. The Kier molecular flexibility index (Phi) is 6.63. The van der Waals surface area contributed by atoms with Crippen molar-refractivity contribution in [3.63, 3.8) is 0 Å². The van der Waals surface area contributed by atoms with Gasteiger partial charge in [0.15, 0.2) is 0 Å². The Morgan fingerprint density at radius 3 is 2.22 bits per heavy atom. The molecule has 0 aliphatic rings. The van der Waals surface area contributed by atoms with E-state index in [-0.39, 0.29) is 11.6 Å². The van der Waals surface area contributed by atoms with Crippen LogP contribution in [-0.4, -0.2) is 29.9 Å². The Morgan fingerprint density at radius 2 is 1.78 bits per heavy atom. The fraction of sp³-hybridized carbons (Fsp3) is 0.923. The summed E-state index contributed by atoms with van der Waals surface area (Å²) < 4.78 is 10.9. The summed E-state index contributed by atoms with van der Waals surface area (Å²) in [4.78, 5) is 10.8. The Bertz CT molecular complexity index is 263. The molecule has 0 saturated carbocycles. The van der Waals surface area contributed by atoms with E-state index in [9.17, 15) is 4.79 Å². The van der Waals surface area contributed by atoms with Crippen molar-refractivity contribution in [1.29, 1.82) is 0 Å². The molecular formula is C13H28N2O3. The first-order valence-corrected chi connectivity index (χ1v) is 6.42. The first-order valence-electron chi connectivity index (χ1n) is 6.42. The van der Waals surface area contributed by atoms with Crippen molar-refractivity contribution in [3.05, 3.63) is 0 Å². The molecule has 0 rings (SSSR count). The molecular weight excluding hydrogens is 232 g/mol. The fourth-order valence-electron chi connectivity index (χ4n) is 2.14. The number of amides is 1. The summed E-state index contributed by atoms with van der Waals surface area (Å²) in [6.07, 6.45) is 1.70. The van der Waals surface area contributed by atoms with Gasteiger partial charge in [-0.25, -0.2) is 4.79 Å². The second-order valence-corrected chi connectivity index (χ2v) is 6.09. The zero-order chi connectivity index (χ0) is 14.4. The molecule has 0 aromatic carbocycles. The van der Waals surface area contributed by atoms with Gasteiger partial charge in [-0.2, -0.15) is 0 Å². The van der Waals surface area contributed by atoms with E-state index in [0.29, 0.717) is 13.0 Å². The van der Waals surface area contributed by atoms with Crippen LogP contribution >= 0.6 is 0 Å². The molecule has 0 aromatic rings. The molecule has 0 heterocycles. The molecule has 0 radical (unpaired) electrons. The van der Waals surface area contributed by atoms with Crippen molar-refractivity contribution < 1.29 is 14.3 Å². The third-order valence-corrected chi connectivity index (χ3v) is 2.52. The lowest BCUT2D eigenvalue weighted by molar-refractivity contribution is -0.0759. The lowest BCUT2D eigenvalue weighted by Gasteiger charge is -2.34. The van der Waals surface area contributed by atoms with Gasteiger partial charge in [-0.3, -0.25) is 0 Å². The summed E-state index contributed by atoms with van der Waals surface area (Å²) in [7, 11) is 0. The van der Waals surface area contributed by atoms with Crippen LogP contribution < -0.4 is 11.5 Å². The van der Waals surface area contributed by atoms with Crippen LogP contribution in [0.1, 0.15) is 53.9 Å². The fourth-order valence-corrected chi connectivity index (χ4v) is 2.14. The van der Waals surface area contributed by atoms with Crippen molar-refractivity contribution in [2.24, 2.45) is 11.5 Å².